The Morgan fingerprint density at radius 1 is 1.45 bits per heavy atom. The van der Waals surface area contributed by atoms with E-state index in [-0.39, 0.29) is 5.25 Å². The SMILES string of the molecule is CCCCNCS(=O)C(C)C. The normalized spacial score (nSPS) is 13.8. The summed E-state index contributed by atoms with van der Waals surface area (Å²) >= 11 is 0. The molecule has 0 saturated heterocycles. The number of unbranched alkanes of at least 4 members (excludes halogenated alkanes) is 1. The van der Waals surface area contributed by atoms with E-state index in [2.05, 4.69) is 12.2 Å². The van der Waals surface area contributed by atoms with Crippen LogP contribution in [-0.2, 0) is 10.8 Å². The lowest BCUT2D eigenvalue weighted by Crippen LogP contribution is -2.24. The average molecular weight is 177 g/mol. The third kappa shape index (κ3) is 6.51. The molecule has 0 aromatic heterocycles. The Morgan fingerprint density at radius 2 is 2.09 bits per heavy atom. The molecule has 0 bridgehead atoms. The van der Waals surface area contributed by atoms with Gasteiger partial charge in [-0.1, -0.05) is 27.2 Å². The standard InChI is InChI=1S/C8H19NOS/c1-4-5-6-9-7-11(10)8(2)3/h8-9H,4-7H2,1-3H3. The maximum atomic E-state index is 11.2. The maximum Gasteiger partial charge on any atom is 0.0725 e. The highest BCUT2D eigenvalue weighted by Crippen LogP contribution is 1.91. The zero-order chi connectivity index (χ0) is 8.69. The van der Waals surface area contributed by atoms with E-state index in [0.717, 1.165) is 6.54 Å². The Balaban J connectivity index is 3.18. The smallest absolute Gasteiger partial charge is 0.0725 e. The fourth-order valence-corrected chi connectivity index (χ4v) is 1.32. The molecule has 0 radical (unpaired) electrons. The van der Waals surface area contributed by atoms with Crippen LogP contribution in [0.15, 0.2) is 0 Å². The van der Waals surface area contributed by atoms with E-state index in [1.165, 1.54) is 12.8 Å². The largest absolute Gasteiger partial charge is 0.306 e. The summed E-state index contributed by atoms with van der Waals surface area (Å²) in [5.41, 5.74) is 0. The van der Waals surface area contributed by atoms with Crippen molar-refractivity contribution in [2.24, 2.45) is 0 Å². The topological polar surface area (TPSA) is 29.1 Å². The Hall–Kier alpha value is 0.110. The summed E-state index contributed by atoms with van der Waals surface area (Å²) in [6.07, 6.45) is 2.37. The Bertz CT molecular complexity index is 115. The molecule has 3 heteroatoms. The van der Waals surface area contributed by atoms with Crippen LogP contribution >= 0.6 is 0 Å². The first kappa shape index (κ1) is 11.1. The summed E-state index contributed by atoms with van der Waals surface area (Å²) in [7, 11) is -0.686. The molecular weight excluding hydrogens is 158 g/mol. The van der Waals surface area contributed by atoms with Crippen LogP contribution in [-0.4, -0.2) is 21.9 Å². The molecule has 2 nitrogen and oxygen atoms in total. The average Bonchev–Trinajstić information content (AvgIpc) is 1.97. The molecule has 1 N–H and O–H groups in total. The van der Waals surface area contributed by atoms with Crippen LogP contribution in [0.4, 0.5) is 0 Å². The molecule has 0 rings (SSSR count). The minimum absolute atomic E-state index is 0.282. The summed E-state index contributed by atoms with van der Waals surface area (Å²) in [6, 6.07) is 0. The van der Waals surface area contributed by atoms with Gasteiger partial charge in [-0.25, -0.2) is 0 Å². The third-order valence-corrected chi connectivity index (χ3v) is 3.02. The molecule has 0 spiro atoms. The van der Waals surface area contributed by atoms with Crippen molar-refractivity contribution in [1.82, 2.24) is 5.32 Å². The van der Waals surface area contributed by atoms with Gasteiger partial charge in [-0.05, 0) is 13.0 Å². The summed E-state index contributed by atoms with van der Waals surface area (Å²) in [5.74, 6) is 0.650. The van der Waals surface area contributed by atoms with E-state index in [9.17, 15) is 4.21 Å². The summed E-state index contributed by atoms with van der Waals surface area (Å²) in [5, 5.41) is 3.45. The van der Waals surface area contributed by atoms with Gasteiger partial charge in [0.25, 0.3) is 0 Å². The van der Waals surface area contributed by atoms with E-state index in [4.69, 9.17) is 0 Å². The van der Waals surface area contributed by atoms with Gasteiger partial charge < -0.3 is 5.32 Å². The zero-order valence-electron chi connectivity index (χ0n) is 7.72. The van der Waals surface area contributed by atoms with Gasteiger partial charge in [0.05, 0.1) is 5.88 Å². The van der Waals surface area contributed by atoms with Gasteiger partial charge in [-0.15, -0.1) is 0 Å². The Labute approximate surface area is 72.2 Å². The van der Waals surface area contributed by atoms with Crippen molar-refractivity contribution in [3.05, 3.63) is 0 Å². The number of nitrogens with one attached hydrogen (secondary N) is 1. The van der Waals surface area contributed by atoms with Gasteiger partial charge in [0, 0.05) is 16.0 Å². The van der Waals surface area contributed by atoms with Gasteiger partial charge in [-0.3, -0.25) is 4.21 Å². The van der Waals surface area contributed by atoms with Crippen LogP contribution in [0.25, 0.3) is 0 Å². The molecule has 0 aromatic rings. The molecule has 0 aliphatic carbocycles. The van der Waals surface area contributed by atoms with Gasteiger partial charge in [-0.2, -0.15) is 0 Å². The van der Waals surface area contributed by atoms with Gasteiger partial charge in [0.15, 0.2) is 0 Å². The molecule has 0 aliphatic rings. The third-order valence-electron chi connectivity index (χ3n) is 1.48. The first-order valence-corrected chi connectivity index (χ1v) is 5.64. The monoisotopic (exact) mass is 177 g/mol. The zero-order valence-corrected chi connectivity index (χ0v) is 8.54. The molecule has 68 valence electrons. The molecule has 0 aromatic carbocycles. The Kier molecular flexibility index (Phi) is 6.87. The first-order valence-electron chi connectivity index (χ1n) is 4.26. The van der Waals surface area contributed by atoms with Crippen LogP contribution < -0.4 is 5.32 Å². The first-order chi connectivity index (χ1) is 5.18. The lowest BCUT2D eigenvalue weighted by Gasteiger charge is -2.05. The van der Waals surface area contributed by atoms with Crippen molar-refractivity contribution in [3.63, 3.8) is 0 Å². The van der Waals surface area contributed by atoms with E-state index >= 15 is 0 Å². The number of hydrogen-bond donors (Lipinski definition) is 1. The van der Waals surface area contributed by atoms with Crippen molar-refractivity contribution in [2.75, 3.05) is 12.4 Å². The molecule has 1 atom stereocenters. The highest BCUT2D eigenvalue weighted by atomic mass is 32.2. The Morgan fingerprint density at radius 3 is 2.55 bits per heavy atom. The van der Waals surface area contributed by atoms with E-state index < -0.39 is 10.8 Å². The van der Waals surface area contributed by atoms with E-state index in [1.54, 1.807) is 0 Å². The summed E-state index contributed by atoms with van der Waals surface area (Å²) < 4.78 is 11.2. The van der Waals surface area contributed by atoms with Crippen LogP contribution in [0.2, 0.25) is 0 Å². The second-order valence-electron chi connectivity index (χ2n) is 2.93. The molecule has 1 unspecified atom stereocenters. The van der Waals surface area contributed by atoms with Crippen LogP contribution in [0, 0.1) is 0 Å². The van der Waals surface area contributed by atoms with Crippen LogP contribution in [0.1, 0.15) is 33.6 Å². The second-order valence-corrected chi connectivity index (χ2v) is 4.92. The van der Waals surface area contributed by atoms with Gasteiger partial charge in [0.2, 0.25) is 0 Å². The van der Waals surface area contributed by atoms with Gasteiger partial charge in [0.1, 0.15) is 0 Å². The summed E-state index contributed by atoms with van der Waals surface area (Å²) in [6.45, 7) is 7.12. The molecule has 0 heterocycles. The number of hydrogen-bond acceptors (Lipinski definition) is 2. The summed E-state index contributed by atoms with van der Waals surface area (Å²) in [4.78, 5) is 0. The van der Waals surface area contributed by atoms with E-state index in [0.29, 0.717) is 5.88 Å². The molecule has 0 saturated carbocycles. The molecule has 0 fully saturated rings. The van der Waals surface area contributed by atoms with Crippen LogP contribution in [0.5, 0.6) is 0 Å². The maximum absolute atomic E-state index is 11.2. The van der Waals surface area contributed by atoms with E-state index in [1.807, 2.05) is 13.8 Å². The minimum Gasteiger partial charge on any atom is -0.306 e. The van der Waals surface area contributed by atoms with Crippen molar-refractivity contribution >= 4 is 10.8 Å². The van der Waals surface area contributed by atoms with Crippen molar-refractivity contribution in [3.8, 4) is 0 Å². The fraction of sp³-hybridized carbons (Fsp3) is 1.00. The van der Waals surface area contributed by atoms with Crippen LogP contribution in [0.3, 0.4) is 0 Å². The van der Waals surface area contributed by atoms with Gasteiger partial charge >= 0.3 is 0 Å². The van der Waals surface area contributed by atoms with Crippen molar-refractivity contribution in [2.45, 2.75) is 38.9 Å². The second kappa shape index (κ2) is 6.80. The lowest BCUT2D eigenvalue weighted by atomic mass is 10.3. The molecular formula is C8H19NOS. The van der Waals surface area contributed by atoms with Crippen molar-refractivity contribution in [1.29, 1.82) is 0 Å². The minimum atomic E-state index is -0.686. The van der Waals surface area contributed by atoms with Crippen molar-refractivity contribution < 1.29 is 4.21 Å². The molecule has 0 aliphatic heterocycles. The predicted molar refractivity (Wildman–Crippen MR) is 51.1 cm³/mol. The molecule has 0 amide bonds. The highest BCUT2D eigenvalue weighted by Gasteiger charge is 2.02. The highest BCUT2D eigenvalue weighted by molar-refractivity contribution is 7.85. The fourth-order valence-electron chi connectivity index (χ4n) is 0.641. The number of rotatable bonds is 6. The quantitative estimate of drug-likeness (QED) is 0.623. The molecule has 11 heavy (non-hydrogen) atoms. The predicted octanol–water partition coefficient (Wildman–Crippen LogP) is 1.49. The lowest BCUT2D eigenvalue weighted by molar-refractivity contribution is 0.654.